The fraction of sp³-hybridized carbons (Fsp3) is 0.238. The minimum absolute atomic E-state index is 0.326. The largest absolute Gasteiger partial charge is 0.422 e. The van der Waals surface area contributed by atoms with Crippen LogP contribution in [0, 0.1) is 0 Å². The van der Waals surface area contributed by atoms with Crippen LogP contribution in [0.5, 0.6) is 0 Å². The Morgan fingerprint density at radius 2 is 2.15 bits per heavy atom. The molecule has 6 heteroatoms. The van der Waals surface area contributed by atoms with Gasteiger partial charge in [-0.15, -0.1) is 0 Å². The third kappa shape index (κ3) is 2.88. The summed E-state index contributed by atoms with van der Waals surface area (Å²) >= 11 is 0. The summed E-state index contributed by atoms with van der Waals surface area (Å²) in [4.78, 5) is 19.2. The zero-order chi connectivity index (χ0) is 18.4. The lowest BCUT2D eigenvalue weighted by molar-refractivity contribution is 0.484. The van der Waals surface area contributed by atoms with Crippen molar-refractivity contribution in [2.24, 2.45) is 0 Å². The minimum atomic E-state index is -0.326. The van der Waals surface area contributed by atoms with Gasteiger partial charge in [0.2, 0.25) is 0 Å². The van der Waals surface area contributed by atoms with Gasteiger partial charge in [-0.1, -0.05) is 0 Å². The Morgan fingerprint density at radius 1 is 1.22 bits per heavy atom. The smallest absolute Gasteiger partial charge is 0.344 e. The Labute approximate surface area is 156 Å². The van der Waals surface area contributed by atoms with Gasteiger partial charge in [0.25, 0.3) is 0 Å². The number of aromatic nitrogens is 2. The van der Waals surface area contributed by atoms with Crippen molar-refractivity contribution in [1.29, 1.82) is 0 Å². The highest BCUT2D eigenvalue weighted by Gasteiger charge is 2.17. The van der Waals surface area contributed by atoms with E-state index in [1.54, 1.807) is 6.20 Å². The van der Waals surface area contributed by atoms with Crippen LogP contribution >= 0.6 is 0 Å². The van der Waals surface area contributed by atoms with Crippen molar-refractivity contribution >= 4 is 22.3 Å². The maximum absolute atomic E-state index is 12.6. The quantitative estimate of drug-likeness (QED) is 0.557. The van der Waals surface area contributed by atoms with Gasteiger partial charge in [-0.05, 0) is 37.3 Å². The summed E-state index contributed by atoms with van der Waals surface area (Å²) in [5.74, 6) is 0. The molecule has 4 aromatic rings. The van der Waals surface area contributed by atoms with Crippen LogP contribution in [0.2, 0.25) is 0 Å². The van der Waals surface area contributed by atoms with E-state index in [9.17, 15) is 4.79 Å². The predicted molar refractivity (Wildman–Crippen MR) is 106 cm³/mol. The average molecular weight is 360 g/mol. The molecule has 1 fully saturated rings. The molecule has 27 heavy (non-hydrogen) atoms. The number of pyridine rings is 1. The third-order valence-electron chi connectivity index (χ3n) is 5.15. The second-order valence-corrected chi connectivity index (χ2v) is 7.08. The Hall–Kier alpha value is -3.12. The summed E-state index contributed by atoms with van der Waals surface area (Å²) < 4.78 is 7.57. The molecule has 1 saturated heterocycles. The molecule has 1 atom stereocenters. The molecule has 136 valence electrons. The zero-order valence-electron chi connectivity index (χ0n) is 15.1. The average Bonchev–Trinajstić information content (AvgIpc) is 3.15. The number of benzene rings is 1. The number of nitrogens with zero attached hydrogens (tertiary/aromatic N) is 3. The van der Waals surface area contributed by atoms with Crippen LogP contribution in [0.3, 0.4) is 0 Å². The van der Waals surface area contributed by atoms with E-state index in [1.165, 1.54) is 0 Å². The van der Waals surface area contributed by atoms with Gasteiger partial charge in [-0.3, -0.25) is 0 Å². The van der Waals surface area contributed by atoms with Crippen LogP contribution in [0.4, 0.5) is 5.69 Å². The molecule has 1 aromatic carbocycles. The Kier molecular flexibility index (Phi) is 3.72. The molecule has 0 aliphatic carbocycles. The maximum Gasteiger partial charge on any atom is 0.344 e. The molecule has 0 bridgehead atoms. The number of imidazole rings is 1. The van der Waals surface area contributed by atoms with Crippen LogP contribution in [-0.4, -0.2) is 35.1 Å². The van der Waals surface area contributed by atoms with E-state index in [1.807, 2.05) is 47.1 Å². The topological polar surface area (TPSA) is 62.8 Å². The lowest BCUT2D eigenvalue weighted by Crippen LogP contribution is -2.49. The van der Waals surface area contributed by atoms with Crippen molar-refractivity contribution in [3.05, 3.63) is 65.4 Å². The molecule has 1 aliphatic heterocycles. The minimum Gasteiger partial charge on any atom is -0.422 e. The van der Waals surface area contributed by atoms with Crippen LogP contribution in [0.15, 0.2) is 64.2 Å². The van der Waals surface area contributed by atoms with Crippen molar-refractivity contribution in [3.8, 4) is 11.1 Å². The highest BCUT2D eigenvalue weighted by molar-refractivity contribution is 5.84. The Bertz CT molecular complexity index is 1190. The standard InChI is InChI=1S/C21H20N4O2/c1-14-12-24(8-6-22-14)17-4-2-15-10-18(21(26)27-19(15)11-17)16-3-5-20-23-7-9-25(20)13-16/h2-5,7,9-11,13-14,22H,6,8,12H2,1H3. The number of anilines is 1. The molecule has 3 aromatic heterocycles. The van der Waals surface area contributed by atoms with E-state index in [4.69, 9.17) is 4.42 Å². The number of nitrogens with one attached hydrogen (secondary N) is 1. The van der Waals surface area contributed by atoms with Crippen molar-refractivity contribution in [1.82, 2.24) is 14.7 Å². The molecular weight excluding hydrogens is 340 g/mol. The van der Waals surface area contributed by atoms with Gasteiger partial charge in [0.1, 0.15) is 11.2 Å². The molecular formula is C21H20N4O2. The summed E-state index contributed by atoms with van der Waals surface area (Å²) in [6.07, 6.45) is 5.50. The van der Waals surface area contributed by atoms with Crippen LogP contribution in [0.1, 0.15) is 6.92 Å². The fourth-order valence-electron chi connectivity index (χ4n) is 3.74. The van der Waals surface area contributed by atoms with Gasteiger partial charge in [-0.25, -0.2) is 9.78 Å². The van der Waals surface area contributed by atoms with Crippen LogP contribution in [0.25, 0.3) is 27.7 Å². The normalized spacial score (nSPS) is 17.7. The number of rotatable bonds is 2. The van der Waals surface area contributed by atoms with Crippen LogP contribution in [-0.2, 0) is 0 Å². The molecule has 0 amide bonds. The van der Waals surface area contributed by atoms with E-state index in [-0.39, 0.29) is 5.63 Å². The molecule has 6 nitrogen and oxygen atoms in total. The first-order valence-corrected chi connectivity index (χ1v) is 9.17. The highest BCUT2D eigenvalue weighted by atomic mass is 16.4. The Morgan fingerprint density at radius 3 is 3.04 bits per heavy atom. The van der Waals surface area contributed by atoms with Crippen molar-refractivity contribution in [2.45, 2.75) is 13.0 Å². The number of piperazine rings is 1. The molecule has 0 radical (unpaired) electrons. The summed E-state index contributed by atoms with van der Waals surface area (Å²) in [7, 11) is 0. The second kappa shape index (κ2) is 6.25. The van der Waals surface area contributed by atoms with E-state index in [0.717, 1.165) is 41.9 Å². The summed E-state index contributed by atoms with van der Waals surface area (Å²) in [5.41, 5.74) is 3.60. The summed E-state index contributed by atoms with van der Waals surface area (Å²) in [6, 6.07) is 12.2. The number of fused-ring (bicyclic) bond motifs is 2. The third-order valence-corrected chi connectivity index (χ3v) is 5.15. The van der Waals surface area contributed by atoms with Gasteiger partial charge in [0.15, 0.2) is 0 Å². The predicted octanol–water partition coefficient (Wildman–Crippen LogP) is 2.91. The lowest BCUT2D eigenvalue weighted by Gasteiger charge is -2.33. The van der Waals surface area contributed by atoms with Crippen molar-refractivity contribution < 1.29 is 4.42 Å². The SMILES string of the molecule is CC1CN(c2ccc3cc(-c4ccc5nccn5c4)c(=O)oc3c2)CCN1. The van der Waals surface area contributed by atoms with Gasteiger partial charge in [-0.2, -0.15) is 0 Å². The molecule has 0 saturated carbocycles. The first-order valence-electron chi connectivity index (χ1n) is 9.17. The van der Waals surface area contributed by atoms with E-state index < -0.39 is 0 Å². The second-order valence-electron chi connectivity index (χ2n) is 7.08. The molecule has 1 aliphatic rings. The first kappa shape index (κ1) is 16.1. The molecule has 1 N–H and O–H groups in total. The number of hydrogen-bond acceptors (Lipinski definition) is 5. The summed E-state index contributed by atoms with van der Waals surface area (Å²) in [5, 5.41) is 4.36. The van der Waals surface area contributed by atoms with Crippen molar-refractivity contribution in [2.75, 3.05) is 24.5 Å². The van der Waals surface area contributed by atoms with Gasteiger partial charge < -0.3 is 19.0 Å². The van der Waals surface area contributed by atoms with Gasteiger partial charge in [0.05, 0.1) is 5.56 Å². The highest BCUT2D eigenvalue weighted by Crippen LogP contribution is 2.26. The zero-order valence-corrected chi connectivity index (χ0v) is 15.1. The maximum atomic E-state index is 12.6. The lowest BCUT2D eigenvalue weighted by atomic mass is 10.1. The van der Waals surface area contributed by atoms with Gasteiger partial charge >= 0.3 is 5.63 Å². The number of hydrogen-bond donors (Lipinski definition) is 1. The molecule has 0 spiro atoms. The molecule has 4 heterocycles. The van der Waals surface area contributed by atoms with E-state index >= 15 is 0 Å². The monoisotopic (exact) mass is 360 g/mol. The molecule has 5 rings (SSSR count). The summed E-state index contributed by atoms with van der Waals surface area (Å²) in [6.45, 7) is 5.03. The molecule has 1 unspecified atom stereocenters. The Balaban J connectivity index is 1.56. The van der Waals surface area contributed by atoms with Gasteiger partial charge in [0, 0.05) is 67.0 Å². The van der Waals surface area contributed by atoms with Crippen molar-refractivity contribution in [3.63, 3.8) is 0 Å². The van der Waals surface area contributed by atoms with E-state index in [0.29, 0.717) is 17.2 Å². The van der Waals surface area contributed by atoms with Crippen LogP contribution < -0.4 is 15.8 Å². The first-order chi connectivity index (χ1) is 13.2. The van der Waals surface area contributed by atoms with E-state index in [2.05, 4.69) is 28.2 Å². The fourth-order valence-corrected chi connectivity index (χ4v) is 3.74.